The first-order chi connectivity index (χ1) is 10.1. The molecule has 1 fully saturated rings. The minimum atomic E-state index is -0.101. The van der Waals surface area contributed by atoms with Gasteiger partial charge in [-0.1, -0.05) is 0 Å². The second kappa shape index (κ2) is 5.95. The van der Waals surface area contributed by atoms with Crippen LogP contribution in [-0.4, -0.2) is 33.9 Å². The van der Waals surface area contributed by atoms with Crippen LogP contribution in [0.4, 0.5) is 0 Å². The van der Waals surface area contributed by atoms with Gasteiger partial charge in [0, 0.05) is 31.1 Å². The lowest BCUT2D eigenvalue weighted by Gasteiger charge is -2.07. The Morgan fingerprint density at radius 3 is 3.14 bits per heavy atom. The molecule has 1 atom stereocenters. The predicted octanol–water partition coefficient (Wildman–Crippen LogP) is 1.62. The monoisotopic (exact) mass is 306 g/mol. The summed E-state index contributed by atoms with van der Waals surface area (Å²) in [6, 6.07) is 0. The Bertz CT molecular complexity index is 643. The summed E-state index contributed by atoms with van der Waals surface area (Å²) in [5.41, 5.74) is 2.36. The molecule has 1 saturated heterocycles. The molecule has 0 spiro atoms. The molecule has 1 amide bonds. The van der Waals surface area contributed by atoms with E-state index >= 15 is 0 Å². The third kappa shape index (κ3) is 3.14. The zero-order valence-electron chi connectivity index (χ0n) is 12.1. The largest absolute Gasteiger partial charge is 0.381 e. The molecule has 0 saturated carbocycles. The zero-order chi connectivity index (χ0) is 14.8. The van der Waals surface area contributed by atoms with Gasteiger partial charge in [0.15, 0.2) is 0 Å². The maximum Gasteiger partial charge on any atom is 0.255 e. The summed E-state index contributed by atoms with van der Waals surface area (Å²) in [5, 5.41) is 10.3. The number of hydrogen-bond acceptors (Lipinski definition) is 5. The molecule has 0 unspecified atom stereocenters. The molecule has 1 aliphatic rings. The van der Waals surface area contributed by atoms with E-state index in [1.54, 1.807) is 22.2 Å². The second-order valence-corrected chi connectivity index (χ2v) is 6.26. The van der Waals surface area contributed by atoms with Crippen LogP contribution in [0.3, 0.4) is 0 Å². The van der Waals surface area contributed by atoms with Crippen LogP contribution >= 0.6 is 11.3 Å². The summed E-state index contributed by atoms with van der Waals surface area (Å²) in [5.74, 6) is 0.115. The van der Waals surface area contributed by atoms with Gasteiger partial charge in [-0.25, -0.2) is 4.98 Å². The van der Waals surface area contributed by atoms with Crippen molar-refractivity contribution in [1.29, 1.82) is 0 Å². The molecule has 3 rings (SSSR count). The quantitative estimate of drug-likeness (QED) is 0.932. The minimum Gasteiger partial charge on any atom is -0.381 e. The molecule has 21 heavy (non-hydrogen) atoms. The first kappa shape index (κ1) is 14.2. The maximum atomic E-state index is 12.4. The smallest absolute Gasteiger partial charge is 0.255 e. The molecule has 6 nitrogen and oxygen atoms in total. The van der Waals surface area contributed by atoms with Gasteiger partial charge >= 0.3 is 0 Å². The molecule has 1 aliphatic heterocycles. The van der Waals surface area contributed by atoms with Crippen molar-refractivity contribution in [3.63, 3.8) is 0 Å². The third-order valence-corrected chi connectivity index (χ3v) is 4.34. The number of carbonyl (C=O) groups excluding carboxylic acids is 1. The van der Waals surface area contributed by atoms with Gasteiger partial charge in [0.2, 0.25) is 0 Å². The summed E-state index contributed by atoms with van der Waals surface area (Å²) in [6.45, 7) is 3.77. The number of nitrogens with zero attached hydrogens (tertiary/aromatic N) is 3. The fraction of sp³-hybridized carbons (Fsp3) is 0.500. The molecule has 2 aromatic rings. The van der Waals surface area contributed by atoms with Gasteiger partial charge in [-0.2, -0.15) is 5.10 Å². The van der Waals surface area contributed by atoms with Crippen LogP contribution in [0.1, 0.15) is 39.1 Å². The van der Waals surface area contributed by atoms with E-state index in [0.29, 0.717) is 18.7 Å². The van der Waals surface area contributed by atoms with E-state index in [4.69, 9.17) is 4.74 Å². The van der Waals surface area contributed by atoms with Gasteiger partial charge in [0.1, 0.15) is 0 Å². The average Bonchev–Trinajstić information content (AvgIpc) is 3.16. The van der Waals surface area contributed by atoms with Crippen molar-refractivity contribution in [3.05, 3.63) is 33.5 Å². The number of hydrogen-bond donors (Lipinski definition) is 1. The van der Waals surface area contributed by atoms with Crippen molar-refractivity contribution in [1.82, 2.24) is 20.1 Å². The molecule has 112 valence electrons. The lowest BCUT2D eigenvalue weighted by Crippen LogP contribution is -2.24. The molecule has 1 N–H and O–H groups in total. The van der Waals surface area contributed by atoms with E-state index in [2.05, 4.69) is 15.4 Å². The molecule has 7 heteroatoms. The fourth-order valence-electron chi connectivity index (χ4n) is 2.49. The van der Waals surface area contributed by atoms with Gasteiger partial charge < -0.3 is 10.1 Å². The Labute approximate surface area is 127 Å². The standard InChI is InChI=1S/C14H18N4O2S/c1-9-16-11(8-21-9)5-15-14(19)12-6-18(2)17-13(12)10-3-4-20-7-10/h6,8,10H,3-5,7H2,1-2H3,(H,15,19)/t10-/m0/s1. The lowest BCUT2D eigenvalue weighted by atomic mass is 10.0. The van der Waals surface area contributed by atoms with Crippen LogP contribution in [0.25, 0.3) is 0 Å². The molecule has 0 aromatic carbocycles. The Hall–Kier alpha value is -1.73. The molecular weight excluding hydrogens is 288 g/mol. The highest BCUT2D eigenvalue weighted by Crippen LogP contribution is 2.26. The van der Waals surface area contributed by atoms with E-state index in [-0.39, 0.29) is 11.8 Å². The number of carbonyl (C=O) groups is 1. The second-order valence-electron chi connectivity index (χ2n) is 5.20. The maximum absolute atomic E-state index is 12.4. The van der Waals surface area contributed by atoms with Gasteiger partial charge in [-0.05, 0) is 13.3 Å². The lowest BCUT2D eigenvalue weighted by molar-refractivity contribution is 0.0949. The van der Waals surface area contributed by atoms with Crippen molar-refractivity contribution < 1.29 is 9.53 Å². The summed E-state index contributed by atoms with van der Waals surface area (Å²) in [4.78, 5) is 16.7. The number of aromatic nitrogens is 3. The Morgan fingerprint density at radius 1 is 1.62 bits per heavy atom. The number of aryl methyl sites for hydroxylation is 2. The summed E-state index contributed by atoms with van der Waals surface area (Å²) in [6.07, 6.45) is 2.69. The molecule has 0 radical (unpaired) electrons. The summed E-state index contributed by atoms with van der Waals surface area (Å²) < 4.78 is 7.09. The topological polar surface area (TPSA) is 69.0 Å². The van der Waals surface area contributed by atoms with Crippen LogP contribution < -0.4 is 5.32 Å². The van der Waals surface area contributed by atoms with Crippen molar-refractivity contribution in [3.8, 4) is 0 Å². The Morgan fingerprint density at radius 2 is 2.48 bits per heavy atom. The van der Waals surface area contributed by atoms with Gasteiger partial charge in [0.05, 0.1) is 35.1 Å². The molecular formula is C14H18N4O2S. The van der Waals surface area contributed by atoms with Crippen molar-refractivity contribution >= 4 is 17.2 Å². The number of rotatable bonds is 4. The normalized spacial score (nSPS) is 18.1. The summed E-state index contributed by atoms with van der Waals surface area (Å²) in [7, 11) is 1.83. The van der Waals surface area contributed by atoms with Crippen LogP contribution in [0, 0.1) is 6.92 Å². The van der Waals surface area contributed by atoms with Crippen molar-refractivity contribution in [2.75, 3.05) is 13.2 Å². The average molecular weight is 306 g/mol. The number of thiazole rings is 1. The highest BCUT2D eigenvalue weighted by molar-refractivity contribution is 7.09. The Balaban J connectivity index is 1.71. The van der Waals surface area contributed by atoms with E-state index in [1.807, 2.05) is 19.4 Å². The molecule has 0 aliphatic carbocycles. The summed E-state index contributed by atoms with van der Waals surface area (Å²) >= 11 is 1.58. The number of nitrogens with one attached hydrogen (secondary N) is 1. The first-order valence-electron chi connectivity index (χ1n) is 6.94. The highest BCUT2D eigenvalue weighted by Gasteiger charge is 2.26. The van der Waals surface area contributed by atoms with E-state index in [9.17, 15) is 4.79 Å². The minimum absolute atomic E-state index is 0.101. The van der Waals surface area contributed by atoms with Gasteiger partial charge in [-0.15, -0.1) is 11.3 Å². The third-order valence-electron chi connectivity index (χ3n) is 3.52. The van der Waals surface area contributed by atoms with Crippen LogP contribution in [0.5, 0.6) is 0 Å². The number of ether oxygens (including phenoxy) is 1. The predicted molar refractivity (Wildman–Crippen MR) is 79.4 cm³/mol. The van der Waals surface area contributed by atoms with Crippen molar-refractivity contribution in [2.45, 2.75) is 25.8 Å². The van der Waals surface area contributed by atoms with E-state index in [0.717, 1.165) is 29.4 Å². The number of amides is 1. The highest BCUT2D eigenvalue weighted by atomic mass is 32.1. The van der Waals surface area contributed by atoms with Crippen LogP contribution in [0.2, 0.25) is 0 Å². The molecule has 2 aromatic heterocycles. The Kier molecular flexibility index (Phi) is 4.03. The van der Waals surface area contributed by atoms with E-state index in [1.165, 1.54) is 0 Å². The van der Waals surface area contributed by atoms with Gasteiger partial charge in [-0.3, -0.25) is 9.48 Å². The molecule has 0 bridgehead atoms. The van der Waals surface area contributed by atoms with E-state index < -0.39 is 0 Å². The fourth-order valence-corrected chi connectivity index (χ4v) is 3.10. The van der Waals surface area contributed by atoms with Gasteiger partial charge in [0.25, 0.3) is 5.91 Å². The van der Waals surface area contributed by atoms with Crippen molar-refractivity contribution in [2.24, 2.45) is 7.05 Å². The SMILES string of the molecule is Cc1nc(CNC(=O)c2cn(C)nc2[C@H]2CCOC2)cs1. The first-order valence-corrected chi connectivity index (χ1v) is 7.82. The van der Waals surface area contributed by atoms with Crippen LogP contribution in [-0.2, 0) is 18.3 Å². The zero-order valence-corrected chi connectivity index (χ0v) is 12.9. The van der Waals surface area contributed by atoms with Crippen LogP contribution in [0.15, 0.2) is 11.6 Å². The molecule has 3 heterocycles.